The molecule has 12 heteroatoms. The molecule has 0 saturated carbocycles. The summed E-state index contributed by atoms with van der Waals surface area (Å²) in [6.07, 6.45) is 2.20. The number of hydrogen-bond donors (Lipinski definition) is 2. The Hall–Kier alpha value is -2.32. The van der Waals surface area contributed by atoms with E-state index >= 15 is 0 Å². The molecule has 162 valence electrons. The molecule has 0 fully saturated rings. The minimum absolute atomic E-state index is 0.0134. The number of hydrogen-bond acceptors (Lipinski definition) is 8. The standard InChI is InChI=1S/C19H18IN5O4S2/c1-10(2)5-6-25-19(27)15(17(26)16(23-25)13-8-21-9-30-13)18-22-12-4-3-11(20)7-14(12)31(28,29)24-18/h3-4,7-10,26H,5-6H2,1-2H3,(H,22,24). The molecule has 0 bridgehead atoms. The van der Waals surface area contributed by atoms with Crippen LogP contribution < -0.4 is 10.9 Å². The van der Waals surface area contributed by atoms with Crippen LogP contribution in [0.5, 0.6) is 5.75 Å². The number of nitrogens with zero attached hydrogens (tertiary/aromatic N) is 4. The Bertz CT molecular complexity index is 1350. The van der Waals surface area contributed by atoms with Crippen molar-refractivity contribution in [1.82, 2.24) is 14.8 Å². The molecule has 2 N–H and O–H groups in total. The summed E-state index contributed by atoms with van der Waals surface area (Å²) < 4.78 is 31.4. The molecule has 3 aromatic rings. The number of benzene rings is 1. The number of fused-ring (bicyclic) bond motifs is 1. The molecule has 3 heterocycles. The van der Waals surface area contributed by atoms with Crippen molar-refractivity contribution < 1.29 is 13.5 Å². The van der Waals surface area contributed by atoms with Gasteiger partial charge in [-0.25, -0.2) is 4.68 Å². The predicted octanol–water partition coefficient (Wildman–Crippen LogP) is 3.28. The Morgan fingerprint density at radius 3 is 2.77 bits per heavy atom. The molecular weight excluding hydrogens is 553 g/mol. The van der Waals surface area contributed by atoms with E-state index < -0.39 is 21.3 Å². The first-order valence-corrected chi connectivity index (χ1v) is 12.7. The molecule has 0 unspecified atom stereocenters. The van der Waals surface area contributed by atoms with E-state index in [-0.39, 0.29) is 27.7 Å². The highest BCUT2D eigenvalue weighted by molar-refractivity contribution is 14.1. The molecule has 31 heavy (non-hydrogen) atoms. The van der Waals surface area contributed by atoms with E-state index in [0.717, 1.165) is 3.57 Å². The molecule has 1 aliphatic rings. The van der Waals surface area contributed by atoms with Crippen LogP contribution in [0.2, 0.25) is 0 Å². The van der Waals surface area contributed by atoms with Crippen LogP contribution >= 0.6 is 33.9 Å². The zero-order valence-electron chi connectivity index (χ0n) is 16.5. The second-order valence-electron chi connectivity index (χ2n) is 7.33. The van der Waals surface area contributed by atoms with Crippen LogP contribution in [0.1, 0.15) is 25.8 Å². The molecule has 0 spiro atoms. The fourth-order valence-electron chi connectivity index (χ4n) is 3.05. The first-order chi connectivity index (χ1) is 14.7. The van der Waals surface area contributed by atoms with E-state index in [2.05, 4.69) is 19.8 Å². The Balaban J connectivity index is 1.93. The average molecular weight is 571 g/mol. The Morgan fingerprint density at radius 2 is 2.10 bits per heavy atom. The number of nitrogens with one attached hydrogen (secondary N) is 1. The molecule has 2 aromatic heterocycles. The zero-order chi connectivity index (χ0) is 22.3. The molecular formula is C19H18IN5O4S2. The topological polar surface area (TPSA) is 127 Å². The third-order valence-electron chi connectivity index (χ3n) is 4.64. The maximum absolute atomic E-state index is 13.2. The lowest BCUT2D eigenvalue weighted by Crippen LogP contribution is -2.34. The van der Waals surface area contributed by atoms with Crippen LogP contribution in [0.25, 0.3) is 10.6 Å². The maximum Gasteiger partial charge on any atom is 0.286 e. The van der Waals surface area contributed by atoms with Gasteiger partial charge in [-0.2, -0.15) is 13.5 Å². The summed E-state index contributed by atoms with van der Waals surface area (Å²) in [5.41, 5.74) is 1.15. The van der Waals surface area contributed by atoms with Gasteiger partial charge >= 0.3 is 0 Å². The minimum Gasteiger partial charge on any atom is -0.505 e. The van der Waals surface area contributed by atoms with Crippen molar-refractivity contribution in [3.63, 3.8) is 0 Å². The normalized spacial score (nSPS) is 14.8. The lowest BCUT2D eigenvalue weighted by atomic mass is 10.1. The number of amidine groups is 1. The fraction of sp³-hybridized carbons (Fsp3) is 0.263. The quantitative estimate of drug-likeness (QED) is 0.450. The van der Waals surface area contributed by atoms with E-state index in [1.807, 2.05) is 36.4 Å². The van der Waals surface area contributed by atoms with Gasteiger partial charge in [0.15, 0.2) is 11.6 Å². The summed E-state index contributed by atoms with van der Waals surface area (Å²) in [5, 5.41) is 18.2. The predicted molar refractivity (Wildman–Crippen MR) is 127 cm³/mol. The van der Waals surface area contributed by atoms with Gasteiger partial charge in [0, 0.05) is 16.3 Å². The van der Waals surface area contributed by atoms with E-state index in [1.54, 1.807) is 17.6 Å². The van der Waals surface area contributed by atoms with Gasteiger partial charge in [-0.15, -0.1) is 15.7 Å². The van der Waals surface area contributed by atoms with Gasteiger partial charge in [-0.05, 0) is 53.1 Å². The first-order valence-electron chi connectivity index (χ1n) is 9.32. The third-order valence-corrected chi connectivity index (χ3v) is 7.40. The number of sulfonamides is 1. The van der Waals surface area contributed by atoms with Crippen molar-refractivity contribution in [3.8, 4) is 16.3 Å². The highest BCUT2D eigenvalue weighted by Crippen LogP contribution is 2.34. The summed E-state index contributed by atoms with van der Waals surface area (Å²) in [4.78, 5) is 17.8. The molecule has 1 aromatic carbocycles. The van der Waals surface area contributed by atoms with Crippen LogP contribution in [-0.2, 0) is 16.6 Å². The molecule has 0 amide bonds. The number of aryl methyl sites for hydroxylation is 1. The van der Waals surface area contributed by atoms with Crippen molar-refractivity contribution in [2.45, 2.75) is 31.7 Å². The van der Waals surface area contributed by atoms with Crippen molar-refractivity contribution >= 4 is 55.5 Å². The molecule has 1 aliphatic heterocycles. The van der Waals surface area contributed by atoms with Gasteiger partial charge < -0.3 is 10.4 Å². The lowest BCUT2D eigenvalue weighted by Gasteiger charge is -2.20. The Labute approximate surface area is 196 Å². The molecule has 0 radical (unpaired) electrons. The van der Waals surface area contributed by atoms with Gasteiger partial charge in [0.1, 0.15) is 16.2 Å². The van der Waals surface area contributed by atoms with Crippen molar-refractivity contribution in [2.75, 3.05) is 5.32 Å². The van der Waals surface area contributed by atoms with Crippen molar-refractivity contribution in [1.29, 1.82) is 0 Å². The lowest BCUT2D eigenvalue weighted by molar-refractivity contribution is 0.444. The van der Waals surface area contributed by atoms with E-state index in [1.165, 1.54) is 28.3 Å². The number of aromatic hydroxyl groups is 1. The SMILES string of the molecule is CC(C)CCn1nc(-c2cncs2)c(O)c(C2=NS(=O)(=O)c3cc(I)ccc3N2)c1=O. The van der Waals surface area contributed by atoms with Gasteiger partial charge in [0.25, 0.3) is 15.6 Å². The number of aromatic nitrogens is 3. The maximum atomic E-state index is 13.2. The second kappa shape index (κ2) is 8.31. The number of rotatable bonds is 5. The number of halogens is 1. The van der Waals surface area contributed by atoms with E-state index in [4.69, 9.17) is 0 Å². The smallest absolute Gasteiger partial charge is 0.286 e. The first kappa shape index (κ1) is 21.9. The average Bonchev–Trinajstić information content (AvgIpc) is 3.22. The minimum atomic E-state index is -4.07. The third kappa shape index (κ3) is 4.23. The highest BCUT2D eigenvalue weighted by Gasteiger charge is 2.31. The fourth-order valence-corrected chi connectivity index (χ4v) is 5.50. The summed E-state index contributed by atoms with van der Waals surface area (Å²) in [7, 11) is -4.07. The molecule has 0 atom stereocenters. The Kier molecular flexibility index (Phi) is 5.87. The van der Waals surface area contributed by atoms with Gasteiger partial charge in [0.05, 0.1) is 16.1 Å². The van der Waals surface area contributed by atoms with Crippen LogP contribution in [-0.4, -0.2) is 34.1 Å². The van der Waals surface area contributed by atoms with Crippen LogP contribution in [0.4, 0.5) is 5.69 Å². The number of thiazole rings is 1. The monoisotopic (exact) mass is 571 g/mol. The molecule has 9 nitrogen and oxygen atoms in total. The zero-order valence-corrected chi connectivity index (χ0v) is 20.3. The van der Waals surface area contributed by atoms with Gasteiger partial charge in [-0.1, -0.05) is 13.8 Å². The molecule has 0 aliphatic carbocycles. The summed E-state index contributed by atoms with van der Waals surface area (Å²) >= 11 is 3.26. The number of anilines is 1. The molecule has 0 saturated heterocycles. The molecule has 4 rings (SSSR count). The van der Waals surface area contributed by atoms with Gasteiger partial charge in [0.2, 0.25) is 0 Å². The van der Waals surface area contributed by atoms with E-state index in [0.29, 0.717) is 23.8 Å². The van der Waals surface area contributed by atoms with Crippen LogP contribution in [0, 0.1) is 9.49 Å². The second-order valence-corrected chi connectivity index (χ2v) is 11.0. The summed E-state index contributed by atoms with van der Waals surface area (Å²) in [6.45, 7) is 4.35. The highest BCUT2D eigenvalue weighted by atomic mass is 127. The van der Waals surface area contributed by atoms with Crippen molar-refractivity contribution in [2.24, 2.45) is 10.3 Å². The van der Waals surface area contributed by atoms with Crippen LogP contribution in [0.15, 0.2) is 44.0 Å². The summed E-state index contributed by atoms with van der Waals surface area (Å²) in [6, 6.07) is 4.83. The largest absolute Gasteiger partial charge is 0.505 e. The van der Waals surface area contributed by atoms with Crippen LogP contribution in [0.3, 0.4) is 0 Å². The van der Waals surface area contributed by atoms with E-state index in [9.17, 15) is 18.3 Å². The van der Waals surface area contributed by atoms with Crippen molar-refractivity contribution in [3.05, 3.63) is 49.4 Å². The van der Waals surface area contributed by atoms with Gasteiger partial charge in [-0.3, -0.25) is 9.78 Å². The summed E-state index contributed by atoms with van der Waals surface area (Å²) in [5.74, 6) is -0.356. The Morgan fingerprint density at radius 1 is 1.32 bits per heavy atom.